The second kappa shape index (κ2) is 3.91. The van der Waals surface area contributed by atoms with Crippen molar-refractivity contribution in [3.8, 4) is 0 Å². The van der Waals surface area contributed by atoms with E-state index in [4.69, 9.17) is 0 Å². The molecule has 0 atom stereocenters. The predicted octanol–water partition coefficient (Wildman–Crippen LogP) is 2.83. The van der Waals surface area contributed by atoms with Crippen LogP contribution < -0.4 is 0 Å². The Morgan fingerprint density at radius 1 is 0.682 bits per heavy atom. The summed E-state index contributed by atoms with van der Waals surface area (Å²) in [4.78, 5) is 23.4. The molecule has 2 aromatic carbocycles. The van der Waals surface area contributed by atoms with Crippen LogP contribution in [-0.2, 0) is 11.1 Å². The number of rotatable bonds is 2. The first-order valence-corrected chi connectivity index (χ1v) is 7.04. The van der Waals surface area contributed by atoms with Crippen LogP contribution in [0.25, 0.3) is 0 Å². The summed E-state index contributed by atoms with van der Waals surface area (Å²) in [6.07, 6.45) is 0.296. The third-order valence-corrected chi connectivity index (χ3v) is 5.11. The highest BCUT2D eigenvalue weighted by molar-refractivity contribution is 5.59. The molecule has 0 spiro atoms. The molecule has 0 heterocycles. The van der Waals surface area contributed by atoms with Gasteiger partial charge in [0.25, 0.3) is 11.1 Å². The standard InChI is InChI=1S/C16H12N2O4/c19-17(20)15-9-10-16(18(21)22,12-6-2-1-5-11(12)15)14-8-4-3-7-13(14)15/h1-8H,9-10H2. The van der Waals surface area contributed by atoms with Gasteiger partial charge in [0.15, 0.2) is 0 Å². The van der Waals surface area contributed by atoms with E-state index in [9.17, 15) is 20.2 Å². The number of hydrogen-bond donors (Lipinski definition) is 0. The zero-order valence-corrected chi connectivity index (χ0v) is 11.6. The van der Waals surface area contributed by atoms with Crippen LogP contribution in [0.1, 0.15) is 35.1 Å². The van der Waals surface area contributed by atoms with E-state index < -0.39 is 11.1 Å². The van der Waals surface area contributed by atoms with Gasteiger partial charge in [-0.3, -0.25) is 20.2 Å². The fraction of sp³-hybridized carbons (Fsp3) is 0.250. The van der Waals surface area contributed by atoms with Gasteiger partial charge in [0.1, 0.15) is 0 Å². The molecule has 6 heteroatoms. The highest BCUT2D eigenvalue weighted by Gasteiger charge is 2.68. The molecule has 0 saturated carbocycles. The van der Waals surface area contributed by atoms with E-state index in [0.29, 0.717) is 22.3 Å². The Morgan fingerprint density at radius 3 is 1.18 bits per heavy atom. The van der Waals surface area contributed by atoms with E-state index in [1.807, 2.05) is 0 Å². The largest absolute Gasteiger partial charge is 0.273 e. The monoisotopic (exact) mass is 296 g/mol. The molecule has 0 radical (unpaired) electrons. The fourth-order valence-electron chi connectivity index (χ4n) is 4.18. The maximum Gasteiger partial charge on any atom is 0.273 e. The lowest BCUT2D eigenvalue weighted by atomic mass is 9.56. The predicted molar refractivity (Wildman–Crippen MR) is 77.7 cm³/mol. The number of nitro groups is 2. The van der Waals surface area contributed by atoms with Crippen molar-refractivity contribution in [2.45, 2.75) is 23.9 Å². The van der Waals surface area contributed by atoms with Gasteiger partial charge in [0.2, 0.25) is 0 Å². The number of benzene rings is 2. The van der Waals surface area contributed by atoms with Crippen molar-refractivity contribution in [3.63, 3.8) is 0 Å². The average Bonchev–Trinajstić information content (AvgIpc) is 2.55. The molecule has 3 aliphatic rings. The van der Waals surface area contributed by atoms with Crippen molar-refractivity contribution in [2.24, 2.45) is 0 Å². The van der Waals surface area contributed by atoms with Crippen LogP contribution in [0.3, 0.4) is 0 Å². The molecule has 5 rings (SSSR count). The second-order valence-corrected chi connectivity index (χ2v) is 5.83. The molecule has 6 nitrogen and oxygen atoms in total. The molecule has 0 amide bonds. The minimum Gasteiger partial charge on any atom is -0.263 e. The Balaban J connectivity index is 2.21. The summed E-state index contributed by atoms with van der Waals surface area (Å²) >= 11 is 0. The topological polar surface area (TPSA) is 86.3 Å². The minimum atomic E-state index is -1.37. The van der Waals surface area contributed by atoms with Gasteiger partial charge >= 0.3 is 0 Å². The SMILES string of the molecule is O=[N+]([O-])C12CCC([N+](=O)[O-])(c3ccccc31)c1ccccc12. The van der Waals surface area contributed by atoms with E-state index in [-0.39, 0.29) is 22.7 Å². The van der Waals surface area contributed by atoms with E-state index in [0.717, 1.165) is 0 Å². The number of fused-ring (bicyclic) bond motifs is 1. The van der Waals surface area contributed by atoms with Crippen molar-refractivity contribution in [1.82, 2.24) is 0 Å². The first-order valence-electron chi connectivity index (χ1n) is 7.04. The van der Waals surface area contributed by atoms with Crippen molar-refractivity contribution < 1.29 is 9.85 Å². The van der Waals surface area contributed by atoms with Gasteiger partial charge in [-0.15, -0.1) is 0 Å². The average molecular weight is 296 g/mol. The lowest BCUT2D eigenvalue weighted by Crippen LogP contribution is -2.55. The van der Waals surface area contributed by atoms with Crippen LogP contribution in [0.5, 0.6) is 0 Å². The van der Waals surface area contributed by atoms with E-state index in [2.05, 4.69) is 0 Å². The van der Waals surface area contributed by atoms with Crippen molar-refractivity contribution >= 4 is 0 Å². The van der Waals surface area contributed by atoms with Crippen molar-refractivity contribution in [2.75, 3.05) is 0 Å². The highest BCUT2D eigenvalue weighted by Crippen LogP contribution is 2.59. The molecule has 110 valence electrons. The van der Waals surface area contributed by atoms with Gasteiger partial charge in [-0.1, -0.05) is 48.5 Å². The number of nitrogens with zero attached hydrogens (tertiary/aromatic N) is 2. The summed E-state index contributed by atoms with van der Waals surface area (Å²) in [5, 5.41) is 23.9. The molecular formula is C16H12N2O4. The third-order valence-electron chi connectivity index (χ3n) is 5.11. The molecule has 2 aromatic rings. The summed E-state index contributed by atoms with van der Waals surface area (Å²) in [6.45, 7) is 0. The van der Waals surface area contributed by atoms with Crippen LogP contribution in [0.2, 0.25) is 0 Å². The summed E-state index contributed by atoms with van der Waals surface area (Å²) in [5.41, 5.74) is -0.901. The summed E-state index contributed by atoms with van der Waals surface area (Å²) < 4.78 is 0. The van der Waals surface area contributed by atoms with E-state index in [1.165, 1.54) is 0 Å². The van der Waals surface area contributed by atoms with Gasteiger partial charge in [-0.25, -0.2) is 0 Å². The third kappa shape index (κ3) is 1.17. The second-order valence-electron chi connectivity index (χ2n) is 5.83. The summed E-state index contributed by atoms with van der Waals surface area (Å²) in [5.74, 6) is 0. The summed E-state index contributed by atoms with van der Waals surface area (Å²) in [7, 11) is 0. The van der Waals surface area contributed by atoms with Crippen LogP contribution in [0, 0.1) is 20.2 Å². The van der Waals surface area contributed by atoms with Gasteiger partial charge < -0.3 is 0 Å². The maximum absolute atomic E-state index is 12.0. The molecule has 0 fully saturated rings. The van der Waals surface area contributed by atoms with Crippen molar-refractivity contribution in [3.05, 3.63) is 91.0 Å². The molecule has 3 aliphatic carbocycles. The Morgan fingerprint density at radius 2 is 0.955 bits per heavy atom. The van der Waals surface area contributed by atoms with Gasteiger partial charge in [0.05, 0.1) is 0 Å². The van der Waals surface area contributed by atoms with Crippen LogP contribution in [0.15, 0.2) is 48.5 Å². The molecular weight excluding hydrogens is 284 g/mol. The lowest BCUT2D eigenvalue weighted by Gasteiger charge is -2.45. The first-order chi connectivity index (χ1) is 10.5. The molecule has 0 saturated heterocycles. The van der Waals surface area contributed by atoms with Crippen LogP contribution >= 0.6 is 0 Å². The molecule has 0 unspecified atom stereocenters. The zero-order chi connectivity index (χ0) is 15.5. The molecule has 0 N–H and O–H groups in total. The lowest BCUT2D eigenvalue weighted by molar-refractivity contribution is -0.602. The highest BCUT2D eigenvalue weighted by atomic mass is 16.6. The number of hydrogen-bond acceptors (Lipinski definition) is 4. The Labute approximate surface area is 125 Å². The van der Waals surface area contributed by atoms with Crippen LogP contribution in [0.4, 0.5) is 0 Å². The van der Waals surface area contributed by atoms with E-state index >= 15 is 0 Å². The quantitative estimate of drug-likeness (QED) is 0.630. The Hall–Kier alpha value is -2.76. The van der Waals surface area contributed by atoms with Crippen molar-refractivity contribution in [1.29, 1.82) is 0 Å². The molecule has 0 aromatic heterocycles. The first kappa shape index (κ1) is 12.9. The maximum atomic E-state index is 12.0. The van der Waals surface area contributed by atoms with Gasteiger partial charge in [0, 0.05) is 44.9 Å². The fourth-order valence-corrected chi connectivity index (χ4v) is 4.18. The normalized spacial score (nSPS) is 27.8. The smallest absolute Gasteiger partial charge is 0.263 e. The minimum absolute atomic E-state index is 0.148. The molecule has 2 bridgehead atoms. The Kier molecular flexibility index (Phi) is 2.30. The van der Waals surface area contributed by atoms with Gasteiger partial charge in [-0.05, 0) is 0 Å². The van der Waals surface area contributed by atoms with Gasteiger partial charge in [-0.2, -0.15) is 0 Å². The molecule has 22 heavy (non-hydrogen) atoms. The molecule has 0 aliphatic heterocycles. The summed E-state index contributed by atoms with van der Waals surface area (Å²) in [6, 6.07) is 13.5. The van der Waals surface area contributed by atoms with Crippen LogP contribution in [-0.4, -0.2) is 9.85 Å². The Bertz CT molecular complexity index is 715. The van der Waals surface area contributed by atoms with E-state index in [1.54, 1.807) is 48.5 Å². The zero-order valence-electron chi connectivity index (χ0n) is 11.6.